The van der Waals surface area contributed by atoms with Crippen LogP contribution in [0.5, 0.6) is 0 Å². The van der Waals surface area contributed by atoms with Crippen LogP contribution in [-0.2, 0) is 17.9 Å². The van der Waals surface area contributed by atoms with Crippen molar-refractivity contribution in [2.75, 3.05) is 0 Å². The molecule has 3 heteroatoms. The smallest absolute Gasteiger partial charge is 0.306 e. The molecule has 1 aliphatic carbocycles. The van der Waals surface area contributed by atoms with Gasteiger partial charge in [0.2, 0.25) is 0 Å². The monoisotopic (exact) mass is 309 g/mol. The van der Waals surface area contributed by atoms with E-state index in [1.807, 2.05) is 0 Å². The van der Waals surface area contributed by atoms with E-state index in [0.717, 1.165) is 45.2 Å². The highest BCUT2D eigenvalue weighted by atomic mass is 16.4. The molecule has 2 unspecified atom stereocenters. The summed E-state index contributed by atoms with van der Waals surface area (Å²) in [6.45, 7) is 2.03. The fraction of sp³-hybridized carbons (Fsp3) is 0.450. The van der Waals surface area contributed by atoms with Crippen molar-refractivity contribution in [3.8, 4) is 0 Å². The second-order valence-electron chi connectivity index (χ2n) is 7.03. The van der Waals surface area contributed by atoms with E-state index in [2.05, 4.69) is 41.3 Å². The Balaban J connectivity index is 1.54. The molecular formula is C20H23NO2. The highest BCUT2D eigenvalue weighted by Crippen LogP contribution is 2.35. The average molecular weight is 309 g/mol. The van der Waals surface area contributed by atoms with E-state index in [-0.39, 0.29) is 5.92 Å². The molecule has 0 radical (unpaired) electrons. The van der Waals surface area contributed by atoms with E-state index < -0.39 is 5.97 Å². The molecule has 0 saturated heterocycles. The lowest BCUT2D eigenvalue weighted by molar-refractivity contribution is -0.142. The van der Waals surface area contributed by atoms with Gasteiger partial charge in [0.15, 0.2) is 0 Å². The first kappa shape index (κ1) is 14.7. The molecule has 1 aliphatic heterocycles. The van der Waals surface area contributed by atoms with E-state index in [0.29, 0.717) is 6.04 Å². The number of nitrogens with zero attached hydrogens (tertiary/aromatic N) is 1. The quantitative estimate of drug-likeness (QED) is 0.846. The predicted octanol–water partition coefficient (Wildman–Crippen LogP) is 4.19. The third-order valence-electron chi connectivity index (χ3n) is 5.68. The summed E-state index contributed by atoms with van der Waals surface area (Å²) < 4.78 is 0. The van der Waals surface area contributed by atoms with Crippen molar-refractivity contribution in [1.82, 2.24) is 4.90 Å². The first-order chi connectivity index (χ1) is 11.2. The van der Waals surface area contributed by atoms with Gasteiger partial charge in [-0.25, -0.2) is 0 Å². The largest absolute Gasteiger partial charge is 0.481 e. The Morgan fingerprint density at radius 2 is 1.87 bits per heavy atom. The van der Waals surface area contributed by atoms with Crippen molar-refractivity contribution >= 4 is 16.7 Å². The van der Waals surface area contributed by atoms with Gasteiger partial charge >= 0.3 is 5.97 Å². The molecule has 120 valence electrons. The minimum atomic E-state index is -0.610. The summed E-state index contributed by atoms with van der Waals surface area (Å²) >= 11 is 0. The molecule has 1 heterocycles. The summed E-state index contributed by atoms with van der Waals surface area (Å²) in [6, 6.07) is 13.7. The van der Waals surface area contributed by atoms with Crippen molar-refractivity contribution in [2.45, 2.75) is 51.2 Å². The minimum absolute atomic E-state index is 0.134. The Kier molecular flexibility index (Phi) is 3.82. The Bertz CT molecular complexity index is 739. The third kappa shape index (κ3) is 2.74. The Morgan fingerprint density at radius 1 is 1.00 bits per heavy atom. The van der Waals surface area contributed by atoms with Crippen LogP contribution >= 0.6 is 0 Å². The van der Waals surface area contributed by atoms with Gasteiger partial charge in [-0.2, -0.15) is 0 Å². The molecule has 2 aromatic carbocycles. The normalized spacial score (nSPS) is 25.2. The van der Waals surface area contributed by atoms with Gasteiger partial charge in [0.1, 0.15) is 0 Å². The van der Waals surface area contributed by atoms with E-state index in [1.54, 1.807) is 0 Å². The molecule has 2 aromatic rings. The molecule has 0 spiro atoms. The number of benzene rings is 2. The zero-order valence-electron chi connectivity index (χ0n) is 13.4. The zero-order chi connectivity index (χ0) is 15.8. The Labute approximate surface area is 136 Å². The first-order valence-corrected chi connectivity index (χ1v) is 8.69. The van der Waals surface area contributed by atoms with Crippen LogP contribution in [0.4, 0.5) is 0 Å². The van der Waals surface area contributed by atoms with Gasteiger partial charge < -0.3 is 5.11 Å². The molecule has 1 fully saturated rings. The van der Waals surface area contributed by atoms with E-state index in [1.165, 1.54) is 21.9 Å². The maximum atomic E-state index is 11.2. The summed E-state index contributed by atoms with van der Waals surface area (Å²) in [6.07, 6.45) is 4.86. The topological polar surface area (TPSA) is 40.5 Å². The number of hydrogen-bond acceptors (Lipinski definition) is 2. The molecular weight excluding hydrogens is 286 g/mol. The molecule has 0 bridgehead atoms. The van der Waals surface area contributed by atoms with Crippen molar-refractivity contribution < 1.29 is 9.90 Å². The summed E-state index contributed by atoms with van der Waals surface area (Å²) in [5, 5.41) is 12.0. The molecule has 0 amide bonds. The molecule has 1 N–H and O–H groups in total. The Morgan fingerprint density at radius 3 is 2.74 bits per heavy atom. The van der Waals surface area contributed by atoms with Gasteiger partial charge in [0, 0.05) is 19.1 Å². The SMILES string of the molecule is O=C(O)C1CCCC(N2Cc3ccc4ccccc4c3C2)CC1. The van der Waals surface area contributed by atoms with E-state index >= 15 is 0 Å². The number of carbonyl (C=O) groups is 1. The van der Waals surface area contributed by atoms with Gasteiger partial charge in [0.25, 0.3) is 0 Å². The van der Waals surface area contributed by atoms with E-state index in [9.17, 15) is 9.90 Å². The predicted molar refractivity (Wildman–Crippen MR) is 91.2 cm³/mol. The molecule has 3 nitrogen and oxygen atoms in total. The van der Waals surface area contributed by atoms with Crippen molar-refractivity contribution in [3.05, 3.63) is 47.5 Å². The van der Waals surface area contributed by atoms with Crippen molar-refractivity contribution in [3.63, 3.8) is 0 Å². The number of fused-ring (bicyclic) bond motifs is 3. The van der Waals surface area contributed by atoms with Crippen LogP contribution in [0, 0.1) is 5.92 Å². The lowest BCUT2D eigenvalue weighted by Crippen LogP contribution is -2.30. The second-order valence-corrected chi connectivity index (χ2v) is 7.03. The summed E-state index contributed by atoms with van der Waals surface area (Å²) in [7, 11) is 0. The number of hydrogen-bond donors (Lipinski definition) is 1. The molecule has 1 saturated carbocycles. The first-order valence-electron chi connectivity index (χ1n) is 8.69. The number of carboxylic acid groups (broad SMARTS) is 1. The van der Waals surface area contributed by atoms with E-state index in [4.69, 9.17) is 0 Å². The van der Waals surface area contributed by atoms with Crippen molar-refractivity contribution in [1.29, 1.82) is 0 Å². The summed E-state index contributed by atoms with van der Waals surface area (Å²) in [4.78, 5) is 13.8. The minimum Gasteiger partial charge on any atom is -0.481 e. The Hall–Kier alpha value is -1.87. The number of aliphatic carboxylic acids is 1. The molecule has 2 aliphatic rings. The van der Waals surface area contributed by atoms with Gasteiger partial charge in [-0.1, -0.05) is 42.8 Å². The fourth-order valence-electron chi connectivity index (χ4n) is 4.35. The molecule has 0 aromatic heterocycles. The van der Waals surface area contributed by atoms with Crippen LogP contribution in [-0.4, -0.2) is 22.0 Å². The number of rotatable bonds is 2. The fourth-order valence-corrected chi connectivity index (χ4v) is 4.35. The lowest BCUT2D eigenvalue weighted by atomic mass is 10.0. The number of carboxylic acids is 1. The van der Waals surface area contributed by atoms with Crippen molar-refractivity contribution in [2.24, 2.45) is 5.92 Å². The van der Waals surface area contributed by atoms with Crippen LogP contribution in [0.3, 0.4) is 0 Å². The second kappa shape index (κ2) is 5.97. The van der Waals surface area contributed by atoms with Gasteiger partial charge in [0.05, 0.1) is 5.92 Å². The maximum absolute atomic E-state index is 11.2. The lowest BCUT2D eigenvalue weighted by Gasteiger charge is -2.26. The van der Waals surface area contributed by atoms with Gasteiger partial charge in [-0.3, -0.25) is 9.69 Å². The summed E-state index contributed by atoms with van der Waals surface area (Å²) in [5.74, 6) is -0.743. The molecule has 23 heavy (non-hydrogen) atoms. The highest BCUT2D eigenvalue weighted by molar-refractivity contribution is 5.87. The zero-order valence-corrected chi connectivity index (χ0v) is 13.4. The van der Waals surface area contributed by atoms with Crippen LogP contribution in [0.15, 0.2) is 36.4 Å². The summed E-state index contributed by atoms with van der Waals surface area (Å²) in [5.41, 5.74) is 2.92. The maximum Gasteiger partial charge on any atom is 0.306 e. The highest BCUT2D eigenvalue weighted by Gasteiger charge is 2.30. The molecule has 4 rings (SSSR count). The average Bonchev–Trinajstić information content (AvgIpc) is 2.84. The third-order valence-corrected chi connectivity index (χ3v) is 5.68. The molecule has 2 atom stereocenters. The van der Waals surface area contributed by atoms with Crippen LogP contribution in [0.2, 0.25) is 0 Å². The van der Waals surface area contributed by atoms with Crippen LogP contribution < -0.4 is 0 Å². The van der Waals surface area contributed by atoms with Crippen LogP contribution in [0.25, 0.3) is 10.8 Å². The standard InChI is InChI=1S/C20H23NO2/c22-20(23)15-5-3-6-17(11-10-15)21-12-16-9-8-14-4-1-2-7-18(14)19(16)13-21/h1-2,4,7-9,15,17H,3,5-6,10-13H2,(H,22,23). The van der Waals surface area contributed by atoms with Crippen LogP contribution in [0.1, 0.15) is 43.2 Å². The van der Waals surface area contributed by atoms with Gasteiger partial charge in [-0.15, -0.1) is 0 Å². The van der Waals surface area contributed by atoms with Gasteiger partial charge in [-0.05, 0) is 47.6 Å².